The monoisotopic (exact) mass is 304 g/mol. The van der Waals surface area contributed by atoms with Gasteiger partial charge in [-0.3, -0.25) is 0 Å². The van der Waals surface area contributed by atoms with E-state index in [9.17, 15) is 0 Å². The van der Waals surface area contributed by atoms with Gasteiger partial charge >= 0.3 is 0 Å². The largest absolute Gasteiger partial charge is 0.152 e. The van der Waals surface area contributed by atoms with Gasteiger partial charge in [-0.25, -0.2) is 0 Å². The number of fused-ring (bicyclic) bond motifs is 6. The molecule has 21 heavy (non-hydrogen) atoms. The van der Waals surface area contributed by atoms with Crippen LogP contribution in [0.2, 0.25) is 0 Å². The standard InChI is InChI=1S/C20H32S/c1-18-10-4-3-5-14(18)6-7-15-16(18)8-11-19(2)17(15)9-12-20(19)13-21-20/h14-17H,3-13H2,1-2H3/t14-,15-,16-,17+,18-,19-,20-/m0/s1. The average Bonchev–Trinajstić information content (AvgIpc) is 3.20. The Balaban J connectivity index is 1.48. The van der Waals surface area contributed by atoms with Crippen LogP contribution in [0.4, 0.5) is 0 Å². The Morgan fingerprint density at radius 2 is 1.62 bits per heavy atom. The zero-order valence-corrected chi connectivity index (χ0v) is 14.8. The molecule has 0 unspecified atom stereocenters. The van der Waals surface area contributed by atoms with E-state index in [1.807, 2.05) is 0 Å². The summed E-state index contributed by atoms with van der Waals surface area (Å²) < 4.78 is 0.757. The first kappa shape index (κ1) is 13.8. The van der Waals surface area contributed by atoms with Crippen LogP contribution in [0, 0.1) is 34.5 Å². The Kier molecular flexibility index (Phi) is 2.78. The Morgan fingerprint density at radius 3 is 2.43 bits per heavy atom. The molecule has 5 fully saturated rings. The molecule has 0 radical (unpaired) electrons. The van der Waals surface area contributed by atoms with Gasteiger partial charge < -0.3 is 0 Å². The maximum Gasteiger partial charge on any atom is 0.0307 e. The molecule has 0 aromatic heterocycles. The van der Waals surface area contributed by atoms with E-state index in [0.717, 1.165) is 39.2 Å². The van der Waals surface area contributed by atoms with Crippen molar-refractivity contribution < 1.29 is 0 Å². The highest BCUT2D eigenvalue weighted by molar-refractivity contribution is 8.08. The zero-order chi connectivity index (χ0) is 14.3. The first-order valence-corrected chi connectivity index (χ1v) is 10.7. The second kappa shape index (κ2) is 4.25. The van der Waals surface area contributed by atoms with E-state index in [1.54, 1.807) is 51.4 Å². The summed E-state index contributed by atoms with van der Waals surface area (Å²) in [5, 5.41) is 0. The first-order chi connectivity index (χ1) is 10.1. The van der Waals surface area contributed by atoms with Crippen LogP contribution in [0.15, 0.2) is 0 Å². The Morgan fingerprint density at radius 1 is 0.810 bits per heavy atom. The molecule has 0 aromatic rings. The Labute approximate surface area is 135 Å². The van der Waals surface area contributed by atoms with Crippen molar-refractivity contribution in [3.63, 3.8) is 0 Å². The summed E-state index contributed by atoms with van der Waals surface area (Å²) in [6, 6.07) is 0. The van der Waals surface area contributed by atoms with Crippen molar-refractivity contribution in [2.45, 2.75) is 82.8 Å². The predicted molar refractivity (Wildman–Crippen MR) is 91.5 cm³/mol. The van der Waals surface area contributed by atoms with Gasteiger partial charge in [-0.2, -0.15) is 11.8 Å². The molecule has 0 nitrogen and oxygen atoms in total. The molecule has 118 valence electrons. The molecule has 1 aliphatic heterocycles. The van der Waals surface area contributed by atoms with E-state index >= 15 is 0 Å². The SMILES string of the molecule is C[C@]12CCCC[C@H]1CC[C@@H]1[C@H]3CC[C@]4(CS4)[C@@]3(C)CC[C@@H]12. The maximum absolute atomic E-state index is 2.72. The lowest BCUT2D eigenvalue weighted by Gasteiger charge is -2.60. The molecule has 4 saturated carbocycles. The van der Waals surface area contributed by atoms with Crippen LogP contribution in [0.1, 0.15) is 78.1 Å². The fourth-order valence-corrected chi connectivity index (χ4v) is 9.44. The molecule has 1 heterocycles. The highest BCUT2D eigenvalue weighted by Gasteiger charge is 2.68. The quantitative estimate of drug-likeness (QED) is 0.502. The zero-order valence-electron chi connectivity index (χ0n) is 14.0. The van der Waals surface area contributed by atoms with E-state index < -0.39 is 0 Å². The van der Waals surface area contributed by atoms with Crippen molar-refractivity contribution in [1.82, 2.24) is 0 Å². The van der Waals surface area contributed by atoms with Gasteiger partial charge in [0.1, 0.15) is 0 Å². The van der Waals surface area contributed by atoms with Crippen LogP contribution >= 0.6 is 11.8 Å². The van der Waals surface area contributed by atoms with Gasteiger partial charge in [-0.1, -0.05) is 26.7 Å². The third-order valence-corrected chi connectivity index (χ3v) is 11.0. The fourth-order valence-electron chi connectivity index (χ4n) is 7.95. The van der Waals surface area contributed by atoms with Crippen molar-refractivity contribution in [2.75, 3.05) is 5.75 Å². The molecular formula is C20H32S. The maximum atomic E-state index is 2.72. The second-order valence-corrected chi connectivity index (χ2v) is 11.0. The van der Waals surface area contributed by atoms with Gasteiger partial charge in [-0.05, 0) is 85.9 Å². The lowest BCUT2D eigenvalue weighted by Crippen LogP contribution is -2.53. The molecule has 4 aliphatic carbocycles. The average molecular weight is 305 g/mol. The fraction of sp³-hybridized carbons (Fsp3) is 1.00. The lowest BCUT2D eigenvalue weighted by molar-refractivity contribution is -0.105. The summed E-state index contributed by atoms with van der Waals surface area (Å²) in [4.78, 5) is 0. The smallest absolute Gasteiger partial charge is 0.0307 e. The predicted octanol–water partition coefficient (Wildman–Crippen LogP) is 5.90. The molecule has 0 aromatic carbocycles. The van der Waals surface area contributed by atoms with Gasteiger partial charge in [0.15, 0.2) is 0 Å². The van der Waals surface area contributed by atoms with Gasteiger partial charge in [-0.15, -0.1) is 0 Å². The van der Waals surface area contributed by atoms with Crippen molar-refractivity contribution in [1.29, 1.82) is 0 Å². The third kappa shape index (κ3) is 1.60. The molecule has 5 rings (SSSR count). The summed E-state index contributed by atoms with van der Waals surface area (Å²) in [7, 11) is 0. The van der Waals surface area contributed by atoms with Gasteiger partial charge in [0, 0.05) is 10.5 Å². The summed E-state index contributed by atoms with van der Waals surface area (Å²) in [6.07, 6.45) is 15.6. The Bertz CT molecular complexity index is 453. The molecule has 7 atom stereocenters. The molecule has 5 aliphatic rings. The van der Waals surface area contributed by atoms with Crippen molar-refractivity contribution in [3.05, 3.63) is 0 Å². The molecular weight excluding hydrogens is 272 g/mol. The molecule has 1 saturated heterocycles. The van der Waals surface area contributed by atoms with Crippen molar-refractivity contribution in [2.24, 2.45) is 34.5 Å². The van der Waals surface area contributed by atoms with Crippen LogP contribution in [-0.4, -0.2) is 10.5 Å². The van der Waals surface area contributed by atoms with Crippen LogP contribution in [0.3, 0.4) is 0 Å². The normalized spacial score (nSPS) is 62.0. The van der Waals surface area contributed by atoms with E-state index in [-0.39, 0.29) is 0 Å². The van der Waals surface area contributed by atoms with E-state index in [2.05, 4.69) is 25.6 Å². The number of rotatable bonds is 0. The van der Waals surface area contributed by atoms with Crippen molar-refractivity contribution >= 4 is 11.8 Å². The molecule has 0 bridgehead atoms. The number of hydrogen-bond donors (Lipinski definition) is 0. The highest BCUT2D eigenvalue weighted by Crippen LogP contribution is 2.75. The van der Waals surface area contributed by atoms with Crippen LogP contribution in [0.5, 0.6) is 0 Å². The lowest BCUT2D eigenvalue weighted by atomic mass is 9.45. The summed E-state index contributed by atoms with van der Waals surface area (Å²) >= 11 is 2.32. The molecule has 0 amide bonds. The van der Waals surface area contributed by atoms with E-state index in [0.29, 0.717) is 0 Å². The van der Waals surface area contributed by atoms with E-state index in [4.69, 9.17) is 0 Å². The first-order valence-electron chi connectivity index (χ1n) is 9.73. The number of hydrogen-bond acceptors (Lipinski definition) is 1. The molecule has 1 spiro atoms. The minimum atomic E-state index is 0.719. The topological polar surface area (TPSA) is 0 Å². The summed E-state index contributed by atoms with van der Waals surface area (Å²) in [5.74, 6) is 5.86. The second-order valence-electron chi connectivity index (χ2n) is 9.68. The summed E-state index contributed by atoms with van der Waals surface area (Å²) in [5.41, 5.74) is 1.45. The van der Waals surface area contributed by atoms with Crippen LogP contribution in [0.25, 0.3) is 0 Å². The molecule has 0 N–H and O–H groups in total. The summed E-state index contributed by atoms with van der Waals surface area (Å²) in [6.45, 7) is 5.42. The van der Waals surface area contributed by atoms with Gasteiger partial charge in [0.2, 0.25) is 0 Å². The Hall–Kier alpha value is 0.350. The highest BCUT2D eigenvalue weighted by atomic mass is 32.2. The molecule has 1 heteroatoms. The van der Waals surface area contributed by atoms with E-state index in [1.165, 1.54) is 18.6 Å². The minimum absolute atomic E-state index is 0.719. The van der Waals surface area contributed by atoms with Gasteiger partial charge in [0.05, 0.1) is 0 Å². The third-order valence-electron chi connectivity index (χ3n) is 9.37. The van der Waals surface area contributed by atoms with Crippen LogP contribution in [-0.2, 0) is 0 Å². The van der Waals surface area contributed by atoms with Crippen LogP contribution < -0.4 is 0 Å². The van der Waals surface area contributed by atoms with Gasteiger partial charge in [0.25, 0.3) is 0 Å². The number of thioether (sulfide) groups is 1. The minimum Gasteiger partial charge on any atom is -0.152 e. The van der Waals surface area contributed by atoms with Crippen molar-refractivity contribution in [3.8, 4) is 0 Å².